The van der Waals surface area contributed by atoms with Crippen molar-refractivity contribution in [1.29, 1.82) is 10.5 Å². The highest BCUT2D eigenvalue weighted by Crippen LogP contribution is 2.17. The Kier molecular flexibility index (Phi) is 7.38. The molecule has 0 aromatic heterocycles. The first-order chi connectivity index (χ1) is 11.3. The Morgan fingerprint density at radius 1 is 1.08 bits per heavy atom. The zero-order valence-electron chi connectivity index (χ0n) is 14.2. The van der Waals surface area contributed by atoms with Crippen LogP contribution in [-0.4, -0.2) is 25.8 Å². The van der Waals surface area contributed by atoms with Crippen LogP contribution in [-0.2, 0) is 10.0 Å². The van der Waals surface area contributed by atoms with Crippen LogP contribution >= 0.6 is 0 Å². The molecule has 0 amide bonds. The van der Waals surface area contributed by atoms with E-state index >= 15 is 0 Å². The minimum absolute atomic E-state index is 0.120. The predicted octanol–water partition coefficient (Wildman–Crippen LogP) is 3.32. The largest absolute Gasteiger partial charge is 0.243 e. The van der Waals surface area contributed by atoms with E-state index in [2.05, 4.69) is 0 Å². The van der Waals surface area contributed by atoms with Crippen molar-refractivity contribution in [2.75, 3.05) is 13.1 Å². The molecule has 0 aliphatic rings. The highest BCUT2D eigenvalue weighted by atomic mass is 32.2. The number of rotatable bonds is 7. The molecule has 0 unspecified atom stereocenters. The summed E-state index contributed by atoms with van der Waals surface area (Å²) >= 11 is 0. The average Bonchev–Trinajstić information content (AvgIpc) is 2.57. The highest BCUT2D eigenvalue weighted by molar-refractivity contribution is 7.89. The van der Waals surface area contributed by atoms with Crippen LogP contribution in [0.5, 0.6) is 0 Å². The van der Waals surface area contributed by atoms with E-state index in [9.17, 15) is 8.42 Å². The molecule has 0 fully saturated rings. The minimum Gasteiger partial charge on any atom is -0.207 e. The van der Waals surface area contributed by atoms with Crippen LogP contribution in [0.2, 0.25) is 0 Å². The number of nitriles is 2. The van der Waals surface area contributed by atoms with E-state index in [4.69, 9.17) is 10.5 Å². The lowest BCUT2D eigenvalue weighted by Crippen LogP contribution is -2.32. The van der Waals surface area contributed by atoms with Crippen LogP contribution in [0.25, 0.3) is 0 Å². The van der Waals surface area contributed by atoms with Crippen LogP contribution in [0.1, 0.15) is 25.8 Å². The molecule has 0 heterocycles. The average molecular weight is 343 g/mol. The van der Waals surface area contributed by atoms with Gasteiger partial charge >= 0.3 is 0 Å². The number of hydrogen-bond acceptors (Lipinski definition) is 4. The summed E-state index contributed by atoms with van der Waals surface area (Å²) < 4.78 is 27.0. The molecule has 0 bridgehead atoms. The zero-order valence-corrected chi connectivity index (χ0v) is 15.0. The molecule has 0 radical (unpaired) electrons. The first-order valence-corrected chi connectivity index (χ1v) is 8.95. The number of allylic oxidation sites excluding steroid dienone is 2. The fraction of sp³-hybridized carbons (Fsp3) is 0.333. The SMILES string of the molecule is C/C(C#N)=C\CCN(C/C=C(\C)C#N)S(=O)(=O)c1ccc(C)cc1. The molecular formula is C18H21N3O2S. The first-order valence-electron chi connectivity index (χ1n) is 7.51. The third-order valence-electron chi connectivity index (χ3n) is 3.44. The molecule has 0 saturated heterocycles. The van der Waals surface area contributed by atoms with Crippen molar-refractivity contribution in [3.63, 3.8) is 0 Å². The van der Waals surface area contributed by atoms with Crippen molar-refractivity contribution in [2.45, 2.75) is 32.1 Å². The molecule has 0 spiro atoms. The quantitative estimate of drug-likeness (QED) is 0.711. The second-order valence-corrected chi connectivity index (χ2v) is 7.40. The fourth-order valence-electron chi connectivity index (χ4n) is 1.92. The van der Waals surface area contributed by atoms with Gasteiger partial charge in [-0.15, -0.1) is 0 Å². The van der Waals surface area contributed by atoms with Gasteiger partial charge < -0.3 is 0 Å². The van der Waals surface area contributed by atoms with Crippen molar-refractivity contribution in [2.24, 2.45) is 0 Å². The standard InChI is InChI=1S/C18H21N3O2S/c1-15-6-8-18(9-7-15)24(22,23)21(12-10-17(3)14-20)11-4-5-16(2)13-19/h5-10H,4,11-12H2,1-3H3/b16-5+,17-10+. The number of nitrogens with zero attached hydrogens (tertiary/aromatic N) is 3. The van der Waals surface area contributed by atoms with Crippen molar-refractivity contribution in [1.82, 2.24) is 4.31 Å². The molecule has 1 rings (SSSR count). The molecule has 0 aliphatic heterocycles. The molecule has 24 heavy (non-hydrogen) atoms. The predicted molar refractivity (Wildman–Crippen MR) is 93.3 cm³/mol. The maximum absolute atomic E-state index is 12.8. The van der Waals surface area contributed by atoms with E-state index in [0.29, 0.717) is 17.6 Å². The van der Waals surface area contributed by atoms with Crippen molar-refractivity contribution < 1.29 is 8.42 Å². The summed E-state index contributed by atoms with van der Waals surface area (Å²) in [5, 5.41) is 17.6. The van der Waals surface area contributed by atoms with Crippen LogP contribution in [0, 0.1) is 29.6 Å². The Morgan fingerprint density at radius 3 is 2.17 bits per heavy atom. The molecular weight excluding hydrogens is 322 g/mol. The topological polar surface area (TPSA) is 85.0 Å². The van der Waals surface area contributed by atoms with E-state index < -0.39 is 10.0 Å². The zero-order chi connectivity index (χ0) is 18.2. The molecule has 0 aliphatic carbocycles. The Labute approximate surface area is 144 Å². The lowest BCUT2D eigenvalue weighted by molar-refractivity contribution is 0.447. The number of aryl methyl sites for hydroxylation is 1. The van der Waals surface area contributed by atoms with Gasteiger partial charge in [0, 0.05) is 24.2 Å². The summed E-state index contributed by atoms with van der Waals surface area (Å²) in [6, 6.07) is 10.7. The number of sulfonamides is 1. The second-order valence-electron chi connectivity index (χ2n) is 5.46. The van der Waals surface area contributed by atoms with Crippen LogP contribution in [0.15, 0.2) is 52.5 Å². The second kappa shape index (κ2) is 9.02. The van der Waals surface area contributed by atoms with Gasteiger partial charge in [-0.05, 0) is 39.3 Å². The van der Waals surface area contributed by atoms with Gasteiger partial charge in [-0.3, -0.25) is 0 Å². The summed E-state index contributed by atoms with van der Waals surface area (Å²) in [4.78, 5) is 0.220. The van der Waals surface area contributed by atoms with Gasteiger partial charge in [-0.2, -0.15) is 14.8 Å². The Morgan fingerprint density at radius 2 is 1.62 bits per heavy atom. The summed E-state index contributed by atoms with van der Waals surface area (Å²) in [6.45, 7) is 5.57. The van der Waals surface area contributed by atoms with Crippen LogP contribution in [0.3, 0.4) is 0 Å². The van der Waals surface area contributed by atoms with Crippen molar-refractivity contribution in [3.8, 4) is 12.1 Å². The molecule has 0 saturated carbocycles. The van der Waals surface area contributed by atoms with Gasteiger partial charge in [0.25, 0.3) is 0 Å². The van der Waals surface area contributed by atoms with Crippen LogP contribution < -0.4 is 0 Å². The normalized spacial score (nSPS) is 12.8. The third-order valence-corrected chi connectivity index (χ3v) is 5.32. The summed E-state index contributed by atoms with van der Waals surface area (Å²) in [6.07, 6.45) is 3.73. The Balaban J connectivity index is 3.08. The fourth-order valence-corrected chi connectivity index (χ4v) is 3.32. The van der Waals surface area contributed by atoms with E-state index in [1.807, 2.05) is 19.1 Å². The van der Waals surface area contributed by atoms with E-state index in [1.165, 1.54) is 4.31 Å². The van der Waals surface area contributed by atoms with Crippen molar-refractivity contribution >= 4 is 10.0 Å². The molecule has 1 aromatic carbocycles. The molecule has 126 valence electrons. The molecule has 0 atom stereocenters. The maximum atomic E-state index is 12.8. The van der Waals surface area contributed by atoms with Crippen LogP contribution in [0.4, 0.5) is 0 Å². The van der Waals surface area contributed by atoms with E-state index in [-0.39, 0.29) is 18.0 Å². The van der Waals surface area contributed by atoms with E-state index in [0.717, 1.165) is 5.56 Å². The smallest absolute Gasteiger partial charge is 0.207 e. The van der Waals surface area contributed by atoms with E-state index in [1.54, 1.807) is 50.3 Å². The Bertz CT molecular complexity index is 807. The lowest BCUT2D eigenvalue weighted by Gasteiger charge is -2.20. The van der Waals surface area contributed by atoms with Gasteiger partial charge in [0.15, 0.2) is 0 Å². The van der Waals surface area contributed by atoms with Gasteiger partial charge in [0.05, 0.1) is 17.0 Å². The van der Waals surface area contributed by atoms with Gasteiger partial charge in [-0.1, -0.05) is 29.8 Å². The number of benzene rings is 1. The van der Waals surface area contributed by atoms with Gasteiger partial charge in [-0.25, -0.2) is 8.42 Å². The Hall–Kier alpha value is -2.41. The minimum atomic E-state index is -3.66. The lowest BCUT2D eigenvalue weighted by atomic mass is 10.2. The first kappa shape index (κ1) is 19.6. The summed E-state index contributed by atoms with van der Waals surface area (Å²) in [5.41, 5.74) is 1.99. The van der Waals surface area contributed by atoms with Crippen molar-refractivity contribution in [3.05, 3.63) is 53.1 Å². The molecule has 5 nitrogen and oxygen atoms in total. The van der Waals surface area contributed by atoms with Gasteiger partial charge in [0.2, 0.25) is 10.0 Å². The molecule has 6 heteroatoms. The maximum Gasteiger partial charge on any atom is 0.243 e. The van der Waals surface area contributed by atoms with Gasteiger partial charge in [0.1, 0.15) is 0 Å². The third kappa shape index (κ3) is 5.66. The molecule has 0 N–H and O–H groups in total. The summed E-state index contributed by atoms with van der Waals surface area (Å²) in [7, 11) is -3.66. The number of hydrogen-bond donors (Lipinski definition) is 0. The highest BCUT2D eigenvalue weighted by Gasteiger charge is 2.22. The monoisotopic (exact) mass is 343 g/mol. The summed E-state index contributed by atoms with van der Waals surface area (Å²) in [5.74, 6) is 0. The molecule has 1 aromatic rings.